The van der Waals surface area contributed by atoms with Crippen molar-refractivity contribution in [3.63, 3.8) is 0 Å². The molecule has 1 aromatic carbocycles. The summed E-state index contributed by atoms with van der Waals surface area (Å²) >= 11 is 11.1. The van der Waals surface area contributed by atoms with E-state index >= 15 is 0 Å². The van der Waals surface area contributed by atoms with Crippen LogP contribution < -0.4 is 4.74 Å². The van der Waals surface area contributed by atoms with E-state index in [0.29, 0.717) is 29.1 Å². The molecule has 2 N–H and O–H groups in total. The summed E-state index contributed by atoms with van der Waals surface area (Å²) in [5, 5.41) is 21.0. The van der Waals surface area contributed by atoms with Crippen LogP contribution in [0.2, 0.25) is 5.02 Å². The average molecular weight is 327 g/mol. The SMILES string of the molecule is CCOc1cc(/C=N/n2c(CC)n[nH]c2=S)cc(Cl)c1O. The van der Waals surface area contributed by atoms with Crippen molar-refractivity contribution in [3.05, 3.63) is 33.3 Å². The molecule has 1 aromatic heterocycles. The molecule has 0 bridgehead atoms. The Morgan fingerprint density at radius 2 is 2.29 bits per heavy atom. The molecule has 0 fully saturated rings. The molecule has 0 atom stereocenters. The van der Waals surface area contributed by atoms with Gasteiger partial charge in [-0.15, -0.1) is 0 Å². The van der Waals surface area contributed by atoms with Crippen LogP contribution in [0.25, 0.3) is 0 Å². The Morgan fingerprint density at radius 1 is 1.52 bits per heavy atom. The number of H-pyrrole nitrogens is 1. The van der Waals surface area contributed by atoms with Crippen LogP contribution in [0.5, 0.6) is 11.5 Å². The summed E-state index contributed by atoms with van der Waals surface area (Å²) < 4.78 is 7.27. The van der Waals surface area contributed by atoms with Gasteiger partial charge in [-0.2, -0.15) is 14.9 Å². The van der Waals surface area contributed by atoms with Crippen LogP contribution in [0.1, 0.15) is 25.2 Å². The van der Waals surface area contributed by atoms with E-state index in [2.05, 4.69) is 15.3 Å². The van der Waals surface area contributed by atoms with Crippen molar-refractivity contribution in [2.45, 2.75) is 20.3 Å². The number of benzene rings is 1. The Balaban J connectivity index is 2.37. The Bertz CT molecular complexity index is 723. The Labute approximate surface area is 132 Å². The fourth-order valence-electron chi connectivity index (χ4n) is 1.73. The van der Waals surface area contributed by atoms with Crippen molar-refractivity contribution in [1.82, 2.24) is 14.9 Å². The average Bonchev–Trinajstić information content (AvgIpc) is 2.82. The number of hydrogen-bond donors (Lipinski definition) is 2. The number of nitrogens with one attached hydrogen (secondary N) is 1. The predicted molar refractivity (Wildman–Crippen MR) is 84.1 cm³/mol. The van der Waals surface area contributed by atoms with Crippen LogP contribution in [0, 0.1) is 4.77 Å². The number of aromatic nitrogens is 3. The maximum absolute atomic E-state index is 9.79. The topological polar surface area (TPSA) is 75.4 Å². The second kappa shape index (κ2) is 6.73. The van der Waals surface area contributed by atoms with Crippen LogP contribution in [0.3, 0.4) is 0 Å². The van der Waals surface area contributed by atoms with Crippen LogP contribution in [0.4, 0.5) is 0 Å². The smallest absolute Gasteiger partial charge is 0.216 e. The molecule has 8 heteroatoms. The van der Waals surface area contributed by atoms with Crippen molar-refractivity contribution in [3.8, 4) is 11.5 Å². The third kappa shape index (κ3) is 3.43. The first-order chi connectivity index (χ1) is 10.1. The van der Waals surface area contributed by atoms with E-state index in [1.807, 2.05) is 13.8 Å². The number of nitrogens with zero attached hydrogens (tertiary/aromatic N) is 3. The quantitative estimate of drug-likeness (QED) is 0.653. The van der Waals surface area contributed by atoms with Crippen LogP contribution in [0.15, 0.2) is 17.2 Å². The minimum Gasteiger partial charge on any atom is -0.503 e. The number of phenolic OH excluding ortho intramolecular Hbond substituents is 1. The zero-order valence-corrected chi connectivity index (χ0v) is 13.2. The summed E-state index contributed by atoms with van der Waals surface area (Å²) in [6, 6.07) is 3.25. The monoisotopic (exact) mass is 326 g/mol. The Morgan fingerprint density at radius 3 is 2.95 bits per heavy atom. The van der Waals surface area contributed by atoms with Crippen LogP contribution >= 0.6 is 23.8 Å². The zero-order valence-electron chi connectivity index (χ0n) is 11.6. The van der Waals surface area contributed by atoms with E-state index < -0.39 is 0 Å². The lowest BCUT2D eigenvalue weighted by Gasteiger charge is -2.08. The lowest BCUT2D eigenvalue weighted by molar-refractivity contribution is 0.318. The molecule has 0 amide bonds. The van der Waals surface area contributed by atoms with Gasteiger partial charge in [0.1, 0.15) is 0 Å². The summed E-state index contributed by atoms with van der Waals surface area (Å²) in [6.45, 7) is 4.21. The van der Waals surface area contributed by atoms with E-state index in [9.17, 15) is 5.11 Å². The number of hydrogen-bond acceptors (Lipinski definition) is 5. The summed E-state index contributed by atoms with van der Waals surface area (Å²) in [5.74, 6) is 0.967. The number of rotatable bonds is 5. The molecule has 2 rings (SSSR count). The maximum Gasteiger partial charge on any atom is 0.216 e. The number of phenols is 1. The van der Waals surface area contributed by atoms with Gasteiger partial charge in [-0.25, -0.2) is 0 Å². The van der Waals surface area contributed by atoms with Crippen LogP contribution in [-0.4, -0.2) is 32.8 Å². The Hall–Kier alpha value is -1.86. The van der Waals surface area contributed by atoms with E-state index in [4.69, 9.17) is 28.6 Å². The highest BCUT2D eigenvalue weighted by Gasteiger charge is 2.09. The molecule has 0 aliphatic heterocycles. The number of aromatic amines is 1. The van der Waals surface area contributed by atoms with E-state index in [0.717, 1.165) is 5.82 Å². The lowest BCUT2D eigenvalue weighted by Crippen LogP contribution is -1.98. The molecule has 112 valence electrons. The zero-order chi connectivity index (χ0) is 15.4. The largest absolute Gasteiger partial charge is 0.503 e. The first kappa shape index (κ1) is 15.5. The van der Waals surface area contributed by atoms with Crippen LogP contribution in [-0.2, 0) is 6.42 Å². The van der Waals surface area contributed by atoms with Crippen molar-refractivity contribution < 1.29 is 9.84 Å². The number of aromatic hydroxyl groups is 1. The first-order valence-corrected chi connectivity index (χ1v) is 7.21. The highest BCUT2D eigenvalue weighted by atomic mass is 35.5. The standard InChI is InChI=1S/C13H15ClN4O2S/c1-3-11-16-17-13(21)18(11)15-7-8-5-9(14)12(19)10(6-8)20-4-2/h5-7,19H,3-4H2,1-2H3,(H,17,21)/b15-7+. The minimum atomic E-state index is -0.0789. The maximum atomic E-state index is 9.79. The molecule has 0 aliphatic rings. The van der Waals surface area contributed by atoms with Crippen molar-refractivity contribution in [2.75, 3.05) is 6.61 Å². The van der Waals surface area contributed by atoms with E-state index in [1.54, 1.807) is 18.3 Å². The third-order valence-corrected chi connectivity index (χ3v) is 3.26. The van der Waals surface area contributed by atoms with Gasteiger partial charge < -0.3 is 9.84 Å². The second-order valence-electron chi connectivity index (χ2n) is 4.14. The lowest BCUT2D eigenvalue weighted by atomic mass is 10.2. The van der Waals surface area contributed by atoms with Crippen molar-refractivity contribution >= 4 is 30.0 Å². The van der Waals surface area contributed by atoms with Gasteiger partial charge in [-0.05, 0) is 36.8 Å². The summed E-state index contributed by atoms with van der Waals surface area (Å²) in [4.78, 5) is 0. The minimum absolute atomic E-state index is 0.0789. The molecule has 0 saturated heterocycles. The molecule has 0 aliphatic carbocycles. The normalized spacial score (nSPS) is 11.2. The van der Waals surface area contributed by atoms with Gasteiger partial charge in [-0.3, -0.25) is 5.10 Å². The number of halogens is 1. The van der Waals surface area contributed by atoms with Gasteiger partial charge in [0.15, 0.2) is 17.3 Å². The molecular weight excluding hydrogens is 312 g/mol. The van der Waals surface area contributed by atoms with E-state index in [1.165, 1.54) is 4.68 Å². The third-order valence-electron chi connectivity index (χ3n) is 2.71. The summed E-state index contributed by atoms with van der Waals surface area (Å²) in [5.41, 5.74) is 0.686. The molecule has 0 radical (unpaired) electrons. The molecule has 21 heavy (non-hydrogen) atoms. The first-order valence-electron chi connectivity index (χ1n) is 6.42. The predicted octanol–water partition coefficient (Wildman–Crippen LogP) is 3.14. The fourth-order valence-corrected chi connectivity index (χ4v) is 2.15. The molecule has 0 unspecified atom stereocenters. The van der Waals surface area contributed by atoms with Crippen molar-refractivity contribution in [2.24, 2.45) is 5.10 Å². The number of ether oxygens (including phenoxy) is 1. The highest BCUT2D eigenvalue weighted by molar-refractivity contribution is 7.71. The van der Waals surface area contributed by atoms with E-state index in [-0.39, 0.29) is 10.8 Å². The molecule has 1 heterocycles. The van der Waals surface area contributed by atoms with Gasteiger partial charge in [0, 0.05) is 6.42 Å². The fraction of sp³-hybridized carbons (Fsp3) is 0.308. The second-order valence-corrected chi connectivity index (χ2v) is 4.93. The summed E-state index contributed by atoms with van der Waals surface area (Å²) in [7, 11) is 0. The highest BCUT2D eigenvalue weighted by Crippen LogP contribution is 2.34. The summed E-state index contributed by atoms with van der Waals surface area (Å²) in [6.07, 6.45) is 2.28. The van der Waals surface area contributed by atoms with Gasteiger partial charge in [-0.1, -0.05) is 18.5 Å². The molecule has 2 aromatic rings. The van der Waals surface area contributed by atoms with Gasteiger partial charge in [0.2, 0.25) is 4.77 Å². The van der Waals surface area contributed by atoms with Gasteiger partial charge in [0.05, 0.1) is 17.8 Å². The van der Waals surface area contributed by atoms with Crippen molar-refractivity contribution in [1.29, 1.82) is 0 Å². The molecule has 0 spiro atoms. The Kier molecular flexibility index (Phi) is 4.98. The molecule has 0 saturated carbocycles. The molecular formula is C13H15ClN4O2S. The van der Waals surface area contributed by atoms with Gasteiger partial charge >= 0.3 is 0 Å². The number of aryl methyl sites for hydroxylation is 1. The molecule has 6 nitrogen and oxygen atoms in total. The van der Waals surface area contributed by atoms with Gasteiger partial charge in [0.25, 0.3) is 0 Å².